The van der Waals surface area contributed by atoms with Crippen molar-refractivity contribution in [2.45, 2.75) is 6.92 Å². The lowest BCUT2D eigenvalue weighted by atomic mass is 10.1. The molecule has 4 nitrogen and oxygen atoms in total. The number of carbonyl (C=O) groups is 1. The second kappa shape index (κ2) is 5.18. The Morgan fingerprint density at radius 2 is 2.17 bits per heavy atom. The first-order chi connectivity index (χ1) is 8.58. The maximum Gasteiger partial charge on any atom is 0.257 e. The average Bonchev–Trinajstić information content (AvgIpc) is 2.32. The zero-order valence-corrected chi connectivity index (χ0v) is 11.4. The molecule has 1 aromatic carbocycles. The number of nitrogens with zero attached hydrogens (tertiary/aromatic N) is 1. The number of benzene rings is 1. The summed E-state index contributed by atoms with van der Waals surface area (Å²) in [4.78, 5) is 16.0. The van der Waals surface area contributed by atoms with E-state index in [1.54, 1.807) is 30.6 Å². The zero-order chi connectivity index (χ0) is 13.1. The van der Waals surface area contributed by atoms with Gasteiger partial charge in [0.15, 0.2) is 0 Å². The number of hydrogen-bond donors (Lipinski definition) is 2. The first kappa shape index (κ1) is 12.6. The molecule has 0 spiro atoms. The van der Waals surface area contributed by atoms with Crippen LogP contribution in [0.25, 0.3) is 0 Å². The summed E-state index contributed by atoms with van der Waals surface area (Å²) in [6.07, 6.45) is 3.29. The second-order valence-electron chi connectivity index (χ2n) is 3.88. The first-order valence-electron chi connectivity index (χ1n) is 5.35. The summed E-state index contributed by atoms with van der Waals surface area (Å²) in [7, 11) is 0. The van der Waals surface area contributed by atoms with Crippen molar-refractivity contribution in [2.75, 3.05) is 11.1 Å². The molecule has 92 valence electrons. The lowest BCUT2D eigenvalue weighted by Gasteiger charge is -2.09. The lowest BCUT2D eigenvalue weighted by molar-refractivity contribution is 0.102. The van der Waals surface area contributed by atoms with E-state index in [0.717, 1.165) is 10.0 Å². The minimum atomic E-state index is -0.240. The van der Waals surface area contributed by atoms with Gasteiger partial charge in [0, 0.05) is 16.4 Å². The fourth-order valence-electron chi connectivity index (χ4n) is 1.52. The quantitative estimate of drug-likeness (QED) is 0.838. The first-order valence-corrected chi connectivity index (χ1v) is 6.14. The van der Waals surface area contributed by atoms with E-state index in [1.807, 2.05) is 13.0 Å². The van der Waals surface area contributed by atoms with Gasteiger partial charge in [0.1, 0.15) is 0 Å². The highest BCUT2D eigenvalue weighted by molar-refractivity contribution is 9.10. The molecule has 5 heteroatoms. The Bertz CT molecular complexity index is 599. The summed E-state index contributed by atoms with van der Waals surface area (Å²) in [6.45, 7) is 1.90. The predicted molar refractivity (Wildman–Crippen MR) is 75.5 cm³/mol. The monoisotopic (exact) mass is 305 g/mol. The highest BCUT2D eigenvalue weighted by Crippen LogP contribution is 2.20. The molecule has 0 unspecified atom stereocenters. The largest absolute Gasteiger partial charge is 0.398 e. The summed E-state index contributed by atoms with van der Waals surface area (Å²) in [6, 6.07) is 6.99. The van der Waals surface area contributed by atoms with E-state index in [1.165, 1.54) is 0 Å². The number of aryl methyl sites for hydroxylation is 1. The van der Waals surface area contributed by atoms with Crippen LogP contribution >= 0.6 is 15.9 Å². The van der Waals surface area contributed by atoms with Crippen LogP contribution in [0.3, 0.4) is 0 Å². The summed E-state index contributed by atoms with van der Waals surface area (Å²) in [5.74, 6) is -0.240. The number of hydrogen-bond acceptors (Lipinski definition) is 3. The summed E-state index contributed by atoms with van der Waals surface area (Å²) in [5, 5.41) is 2.79. The highest BCUT2D eigenvalue weighted by Gasteiger charge is 2.11. The molecular weight excluding hydrogens is 294 g/mol. The Kier molecular flexibility index (Phi) is 3.62. The highest BCUT2D eigenvalue weighted by atomic mass is 79.9. The van der Waals surface area contributed by atoms with Gasteiger partial charge in [-0.3, -0.25) is 9.78 Å². The summed E-state index contributed by atoms with van der Waals surface area (Å²) >= 11 is 3.30. The Morgan fingerprint density at radius 1 is 1.39 bits per heavy atom. The van der Waals surface area contributed by atoms with Crippen LogP contribution in [0.5, 0.6) is 0 Å². The average molecular weight is 306 g/mol. The molecule has 0 radical (unpaired) electrons. The molecule has 0 aliphatic heterocycles. The van der Waals surface area contributed by atoms with E-state index < -0.39 is 0 Å². The maximum atomic E-state index is 12.1. The van der Waals surface area contributed by atoms with E-state index in [-0.39, 0.29) is 5.91 Å². The van der Waals surface area contributed by atoms with Gasteiger partial charge in [0.25, 0.3) is 5.91 Å². The fraction of sp³-hybridized carbons (Fsp3) is 0.0769. The third-order valence-corrected chi connectivity index (χ3v) is 3.04. The van der Waals surface area contributed by atoms with Crippen LogP contribution in [0.15, 0.2) is 41.1 Å². The smallest absolute Gasteiger partial charge is 0.257 e. The van der Waals surface area contributed by atoms with Gasteiger partial charge in [-0.05, 0) is 36.8 Å². The SMILES string of the molecule is Cc1ccncc1NC(=O)c1ccc(Br)cc1N. The Morgan fingerprint density at radius 3 is 2.83 bits per heavy atom. The van der Waals surface area contributed by atoms with E-state index in [4.69, 9.17) is 5.73 Å². The van der Waals surface area contributed by atoms with Crippen molar-refractivity contribution in [3.8, 4) is 0 Å². The van der Waals surface area contributed by atoms with Crippen molar-refractivity contribution in [1.82, 2.24) is 4.98 Å². The molecular formula is C13H12BrN3O. The Hall–Kier alpha value is -1.88. The molecule has 1 aromatic heterocycles. The molecule has 18 heavy (non-hydrogen) atoms. The molecule has 0 aliphatic rings. The van der Waals surface area contributed by atoms with Gasteiger partial charge in [-0.2, -0.15) is 0 Å². The zero-order valence-electron chi connectivity index (χ0n) is 9.77. The number of amides is 1. The molecule has 1 heterocycles. The molecule has 0 fully saturated rings. The minimum Gasteiger partial charge on any atom is -0.398 e. The number of carbonyl (C=O) groups excluding carboxylic acids is 1. The third-order valence-electron chi connectivity index (χ3n) is 2.55. The Labute approximate surface area is 113 Å². The number of pyridine rings is 1. The van der Waals surface area contributed by atoms with Gasteiger partial charge in [-0.25, -0.2) is 0 Å². The number of rotatable bonds is 2. The molecule has 2 rings (SSSR count). The standard InChI is InChI=1S/C13H12BrN3O/c1-8-4-5-16-7-12(8)17-13(18)10-3-2-9(14)6-11(10)15/h2-7H,15H2,1H3,(H,17,18). The van der Waals surface area contributed by atoms with E-state index in [0.29, 0.717) is 16.9 Å². The molecule has 1 amide bonds. The third kappa shape index (κ3) is 2.68. The van der Waals surface area contributed by atoms with Crippen LogP contribution in [-0.2, 0) is 0 Å². The lowest BCUT2D eigenvalue weighted by Crippen LogP contribution is -2.14. The van der Waals surface area contributed by atoms with Crippen LogP contribution in [0.4, 0.5) is 11.4 Å². The molecule has 0 bridgehead atoms. The fourth-order valence-corrected chi connectivity index (χ4v) is 1.90. The van der Waals surface area contributed by atoms with Crippen molar-refractivity contribution in [1.29, 1.82) is 0 Å². The number of nitrogen functional groups attached to an aromatic ring is 1. The van der Waals surface area contributed by atoms with Gasteiger partial charge in [0.05, 0.1) is 17.4 Å². The van der Waals surface area contributed by atoms with Gasteiger partial charge < -0.3 is 11.1 Å². The minimum absolute atomic E-state index is 0.240. The van der Waals surface area contributed by atoms with Crippen LogP contribution in [0, 0.1) is 6.92 Å². The van der Waals surface area contributed by atoms with Gasteiger partial charge in [-0.15, -0.1) is 0 Å². The number of nitrogens with one attached hydrogen (secondary N) is 1. The molecule has 0 saturated heterocycles. The van der Waals surface area contributed by atoms with Gasteiger partial charge in [0.2, 0.25) is 0 Å². The maximum absolute atomic E-state index is 12.1. The number of halogens is 1. The van der Waals surface area contributed by atoms with Gasteiger partial charge in [-0.1, -0.05) is 15.9 Å². The van der Waals surface area contributed by atoms with Crippen molar-refractivity contribution in [3.05, 3.63) is 52.3 Å². The molecule has 0 atom stereocenters. The second-order valence-corrected chi connectivity index (χ2v) is 4.79. The Balaban J connectivity index is 2.25. The predicted octanol–water partition coefficient (Wildman–Crippen LogP) is 2.99. The van der Waals surface area contributed by atoms with E-state index >= 15 is 0 Å². The van der Waals surface area contributed by atoms with E-state index in [2.05, 4.69) is 26.2 Å². The van der Waals surface area contributed by atoms with Crippen molar-refractivity contribution < 1.29 is 4.79 Å². The number of anilines is 2. The number of aromatic nitrogens is 1. The summed E-state index contributed by atoms with van der Waals surface area (Å²) < 4.78 is 0.842. The van der Waals surface area contributed by atoms with Crippen molar-refractivity contribution in [3.63, 3.8) is 0 Å². The van der Waals surface area contributed by atoms with Crippen LogP contribution < -0.4 is 11.1 Å². The number of nitrogens with two attached hydrogens (primary N) is 1. The molecule has 0 saturated carbocycles. The summed E-state index contributed by atoms with van der Waals surface area (Å²) in [5.41, 5.74) is 8.32. The van der Waals surface area contributed by atoms with Gasteiger partial charge >= 0.3 is 0 Å². The van der Waals surface area contributed by atoms with Crippen LogP contribution in [-0.4, -0.2) is 10.9 Å². The van der Waals surface area contributed by atoms with Crippen molar-refractivity contribution >= 4 is 33.2 Å². The van der Waals surface area contributed by atoms with E-state index in [9.17, 15) is 4.79 Å². The topological polar surface area (TPSA) is 68.0 Å². The molecule has 3 N–H and O–H groups in total. The molecule has 0 aliphatic carbocycles. The van der Waals surface area contributed by atoms with Crippen LogP contribution in [0.2, 0.25) is 0 Å². The molecule has 2 aromatic rings. The normalized spacial score (nSPS) is 10.1. The van der Waals surface area contributed by atoms with Crippen LogP contribution in [0.1, 0.15) is 15.9 Å². The van der Waals surface area contributed by atoms with Crippen molar-refractivity contribution in [2.24, 2.45) is 0 Å².